The van der Waals surface area contributed by atoms with Crippen LogP contribution in [-0.2, 0) is 9.47 Å². The SMILES string of the molecule is CC1(C)COC(CCCCC(=O)c2cc(F)c(Cl)cc2F)OC1. The first-order valence-corrected chi connectivity index (χ1v) is 8.07. The average Bonchev–Trinajstić information content (AvgIpc) is 2.48. The Hall–Kier alpha value is -1.04. The molecule has 0 aliphatic carbocycles. The summed E-state index contributed by atoms with van der Waals surface area (Å²) in [6.07, 6.45) is 1.86. The number of Topliss-reactive ketones (excluding diaryl/α,β-unsaturated/α-hetero) is 1. The molecule has 3 nitrogen and oxygen atoms in total. The van der Waals surface area contributed by atoms with Gasteiger partial charge in [-0.15, -0.1) is 0 Å². The maximum absolute atomic E-state index is 13.6. The molecule has 1 saturated heterocycles. The summed E-state index contributed by atoms with van der Waals surface area (Å²) < 4.78 is 38.2. The van der Waals surface area contributed by atoms with Crippen LogP contribution in [0.3, 0.4) is 0 Å². The molecule has 0 atom stereocenters. The summed E-state index contributed by atoms with van der Waals surface area (Å²) in [4.78, 5) is 12.0. The third kappa shape index (κ3) is 5.23. The lowest BCUT2D eigenvalue weighted by atomic mass is 9.95. The van der Waals surface area contributed by atoms with Crippen LogP contribution in [0.1, 0.15) is 49.9 Å². The van der Waals surface area contributed by atoms with Crippen molar-refractivity contribution in [1.29, 1.82) is 0 Å². The fourth-order valence-corrected chi connectivity index (χ4v) is 2.51. The van der Waals surface area contributed by atoms with Gasteiger partial charge in [-0.1, -0.05) is 25.4 Å². The van der Waals surface area contributed by atoms with Crippen LogP contribution in [0.2, 0.25) is 5.02 Å². The molecule has 6 heteroatoms. The molecule has 0 radical (unpaired) electrons. The highest BCUT2D eigenvalue weighted by Crippen LogP contribution is 2.25. The Labute approximate surface area is 139 Å². The molecular weight excluding hydrogens is 326 g/mol. The Morgan fingerprint density at radius 2 is 1.87 bits per heavy atom. The van der Waals surface area contributed by atoms with Gasteiger partial charge in [0.05, 0.1) is 23.8 Å². The minimum Gasteiger partial charge on any atom is -0.352 e. The van der Waals surface area contributed by atoms with Crippen molar-refractivity contribution in [3.8, 4) is 0 Å². The molecule has 1 fully saturated rings. The number of rotatable bonds is 6. The van der Waals surface area contributed by atoms with E-state index in [1.54, 1.807) is 0 Å². The minimum absolute atomic E-state index is 0.0304. The lowest BCUT2D eigenvalue weighted by Gasteiger charge is -2.34. The first-order valence-electron chi connectivity index (χ1n) is 7.69. The molecule has 128 valence electrons. The molecule has 0 spiro atoms. The number of ketones is 1. The van der Waals surface area contributed by atoms with E-state index in [4.69, 9.17) is 21.1 Å². The minimum atomic E-state index is -0.789. The van der Waals surface area contributed by atoms with Gasteiger partial charge in [-0.25, -0.2) is 8.78 Å². The summed E-state index contributed by atoms with van der Waals surface area (Å²) in [5.74, 6) is -2.00. The lowest BCUT2D eigenvalue weighted by Crippen LogP contribution is -2.37. The van der Waals surface area contributed by atoms with Crippen LogP contribution in [0.25, 0.3) is 0 Å². The largest absolute Gasteiger partial charge is 0.352 e. The van der Waals surface area contributed by atoms with Gasteiger partial charge in [-0.3, -0.25) is 4.79 Å². The van der Waals surface area contributed by atoms with E-state index in [-0.39, 0.29) is 28.7 Å². The van der Waals surface area contributed by atoms with E-state index < -0.39 is 17.4 Å². The lowest BCUT2D eigenvalue weighted by molar-refractivity contribution is -0.224. The predicted molar refractivity (Wildman–Crippen MR) is 83.6 cm³/mol. The highest BCUT2D eigenvalue weighted by molar-refractivity contribution is 6.30. The van der Waals surface area contributed by atoms with Gasteiger partial charge in [0, 0.05) is 11.8 Å². The van der Waals surface area contributed by atoms with Crippen LogP contribution in [0.15, 0.2) is 12.1 Å². The van der Waals surface area contributed by atoms with Crippen molar-refractivity contribution < 1.29 is 23.0 Å². The molecule has 0 N–H and O–H groups in total. The molecule has 23 heavy (non-hydrogen) atoms. The Bertz CT molecular complexity index is 565. The van der Waals surface area contributed by atoms with Crippen LogP contribution in [0.4, 0.5) is 8.78 Å². The Morgan fingerprint density at radius 1 is 1.22 bits per heavy atom. The monoisotopic (exact) mass is 346 g/mol. The van der Waals surface area contributed by atoms with E-state index in [0.29, 0.717) is 32.5 Å². The molecule has 1 aromatic rings. The maximum Gasteiger partial charge on any atom is 0.165 e. The number of hydrogen-bond donors (Lipinski definition) is 0. The van der Waals surface area contributed by atoms with Crippen molar-refractivity contribution in [3.63, 3.8) is 0 Å². The second-order valence-corrected chi connectivity index (χ2v) is 7.04. The summed E-state index contributed by atoms with van der Waals surface area (Å²) in [6, 6.07) is 1.69. The number of unbranched alkanes of at least 4 members (excludes halogenated alkanes) is 1. The number of benzene rings is 1. The smallest absolute Gasteiger partial charge is 0.165 e. The molecule has 1 aliphatic heterocycles. The molecular formula is C17H21ClF2O3. The van der Waals surface area contributed by atoms with Crippen molar-refractivity contribution in [2.75, 3.05) is 13.2 Å². The Kier molecular flexibility index (Phi) is 6.12. The molecule has 1 aromatic carbocycles. The number of carbonyl (C=O) groups excluding carboxylic acids is 1. The third-order valence-corrected chi connectivity index (χ3v) is 4.01. The Balaban J connectivity index is 1.74. The first kappa shape index (κ1) is 18.3. The van der Waals surface area contributed by atoms with Gasteiger partial charge in [0.25, 0.3) is 0 Å². The molecule has 1 aliphatic rings. The van der Waals surface area contributed by atoms with Gasteiger partial charge >= 0.3 is 0 Å². The van der Waals surface area contributed by atoms with Crippen molar-refractivity contribution >= 4 is 17.4 Å². The van der Waals surface area contributed by atoms with E-state index in [1.165, 1.54) is 0 Å². The molecule has 0 bridgehead atoms. The molecule has 0 unspecified atom stereocenters. The predicted octanol–water partition coefficient (Wildman–Crippen LogP) is 4.76. The molecule has 1 heterocycles. The van der Waals surface area contributed by atoms with Gasteiger partial charge in [-0.2, -0.15) is 0 Å². The fourth-order valence-electron chi connectivity index (χ4n) is 2.36. The number of carbonyl (C=O) groups is 1. The van der Waals surface area contributed by atoms with E-state index in [9.17, 15) is 13.6 Å². The van der Waals surface area contributed by atoms with Crippen molar-refractivity contribution in [3.05, 3.63) is 34.4 Å². The standard InChI is InChI=1S/C17H21ClF2O3/c1-17(2)9-22-16(23-10-17)6-4-3-5-15(21)11-7-14(20)12(18)8-13(11)19/h7-8,16H,3-6,9-10H2,1-2H3. The topological polar surface area (TPSA) is 35.5 Å². The molecule has 0 aromatic heterocycles. The van der Waals surface area contributed by atoms with E-state index in [0.717, 1.165) is 12.1 Å². The summed E-state index contributed by atoms with van der Waals surface area (Å²) in [5, 5.41) is -0.325. The second-order valence-electron chi connectivity index (χ2n) is 6.63. The second kappa shape index (κ2) is 7.69. The zero-order valence-corrected chi connectivity index (χ0v) is 14.1. The highest BCUT2D eigenvalue weighted by Gasteiger charge is 2.27. The van der Waals surface area contributed by atoms with E-state index in [1.807, 2.05) is 0 Å². The van der Waals surface area contributed by atoms with Crippen LogP contribution < -0.4 is 0 Å². The highest BCUT2D eigenvalue weighted by atomic mass is 35.5. The third-order valence-electron chi connectivity index (χ3n) is 3.72. The average molecular weight is 347 g/mol. The Morgan fingerprint density at radius 3 is 2.52 bits per heavy atom. The summed E-state index contributed by atoms with van der Waals surface area (Å²) in [6.45, 7) is 5.43. The molecule has 0 saturated carbocycles. The fraction of sp³-hybridized carbons (Fsp3) is 0.588. The zero-order valence-electron chi connectivity index (χ0n) is 13.3. The van der Waals surface area contributed by atoms with Gasteiger partial charge in [-0.05, 0) is 31.4 Å². The van der Waals surface area contributed by atoms with Gasteiger partial charge in [0.1, 0.15) is 11.6 Å². The van der Waals surface area contributed by atoms with Gasteiger partial charge in [0.2, 0.25) is 0 Å². The van der Waals surface area contributed by atoms with Crippen molar-refractivity contribution in [2.45, 2.75) is 45.8 Å². The number of halogens is 3. The maximum atomic E-state index is 13.6. The first-order chi connectivity index (χ1) is 10.8. The van der Waals surface area contributed by atoms with E-state index >= 15 is 0 Å². The summed E-state index contributed by atoms with van der Waals surface area (Å²) >= 11 is 5.47. The molecule has 2 rings (SSSR count). The van der Waals surface area contributed by atoms with Crippen LogP contribution in [0, 0.1) is 17.0 Å². The van der Waals surface area contributed by atoms with Gasteiger partial charge in [0.15, 0.2) is 12.1 Å². The van der Waals surface area contributed by atoms with E-state index in [2.05, 4.69) is 13.8 Å². The van der Waals surface area contributed by atoms with Crippen LogP contribution in [0.5, 0.6) is 0 Å². The summed E-state index contributed by atoms with van der Waals surface area (Å²) in [7, 11) is 0. The normalized spacial score (nSPS) is 18.1. The quantitative estimate of drug-likeness (QED) is 0.423. The zero-order chi connectivity index (χ0) is 17.0. The number of hydrogen-bond acceptors (Lipinski definition) is 3. The summed E-state index contributed by atoms with van der Waals surface area (Å²) in [5.41, 5.74) is -0.221. The van der Waals surface area contributed by atoms with Crippen LogP contribution in [-0.4, -0.2) is 25.3 Å². The van der Waals surface area contributed by atoms with Crippen molar-refractivity contribution in [2.24, 2.45) is 5.41 Å². The van der Waals surface area contributed by atoms with Crippen LogP contribution >= 0.6 is 11.6 Å². The van der Waals surface area contributed by atoms with Gasteiger partial charge < -0.3 is 9.47 Å². The number of ether oxygens (including phenoxy) is 2. The molecule has 0 amide bonds. The van der Waals surface area contributed by atoms with Crippen molar-refractivity contribution in [1.82, 2.24) is 0 Å².